The first-order chi connectivity index (χ1) is 7.66. The number of rotatable bonds is 3. The standard InChI is InChI=1S/C10H9ClFN3O/c1-6-14-9(15-16-6)5-13-10-7(11)3-2-4-8(10)12/h2-4,13H,5H2,1H3. The molecule has 1 aromatic carbocycles. The summed E-state index contributed by atoms with van der Waals surface area (Å²) < 4.78 is 18.1. The van der Waals surface area contributed by atoms with E-state index >= 15 is 0 Å². The van der Waals surface area contributed by atoms with Gasteiger partial charge >= 0.3 is 0 Å². The van der Waals surface area contributed by atoms with Gasteiger partial charge in [0.15, 0.2) is 5.82 Å². The average molecular weight is 242 g/mol. The Morgan fingerprint density at radius 1 is 1.50 bits per heavy atom. The highest BCUT2D eigenvalue weighted by molar-refractivity contribution is 6.33. The van der Waals surface area contributed by atoms with E-state index in [0.717, 1.165) is 0 Å². The smallest absolute Gasteiger partial charge is 0.223 e. The molecule has 0 fully saturated rings. The molecular formula is C10H9ClFN3O. The molecule has 0 atom stereocenters. The van der Waals surface area contributed by atoms with Crippen molar-refractivity contribution >= 4 is 17.3 Å². The summed E-state index contributed by atoms with van der Waals surface area (Å²) in [7, 11) is 0. The lowest BCUT2D eigenvalue weighted by Crippen LogP contribution is -2.03. The second kappa shape index (κ2) is 4.49. The lowest BCUT2D eigenvalue weighted by molar-refractivity contribution is 0.388. The highest BCUT2D eigenvalue weighted by atomic mass is 35.5. The largest absolute Gasteiger partial charge is 0.374 e. The highest BCUT2D eigenvalue weighted by Crippen LogP contribution is 2.24. The summed E-state index contributed by atoms with van der Waals surface area (Å²) in [6.45, 7) is 1.95. The zero-order valence-electron chi connectivity index (χ0n) is 8.50. The van der Waals surface area contributed by atoms with Crippen molar-refractivity contribution in [1.29, 1.82) is 0 Å². The Kier molecular flexibility index (Phi) is 3.05. The van der Waals surface area contributed by atoms with Gasteiger partial charge in [0.1, 0.15) is 5.82 Å². The van der Waals surface area contributed by atoms with Gasteiger partial charge in [-0.05, 0) is 12.1 Å². The van der Waals surface area contributed by atoms with Crippen molar-refractivity contribution in [3.05, 3.63) is 40.8 Å². The van der Waals surface area contributed by atoms with E-state index < -0.39 is 5.82 Å². The van der Waals surface area contributed by atoms with Gasteiger partial charge in [-0.15, -0.1) is 0 Å². The second-order valence-corrected chi connectivity index (χ2v) is 3.59. The highest BCUT2D eigenvalue weighted by Gasteiger charge is 2.08. The van der Waals surface area contributed by atoms with Crippen LogP contribution in [0.2, 0.25) is 5.02 Å². The van der Waals surface area contributed by atoms with E-state index in [1.165, 1.54) is 6.07 Å². The number of nitrogens with one attached hydrogen (secondary N) is 1. The van der Waals surface area contributed by atoms with Crippen molar-refractivity contribution in [2.75, 3.05) is 5.32 Å². The molecule has 0 unspecified atom stereocenters. The molecule has 2 aromatic rings. The van der Waals surface area contributed by atoms with Crippen molar-refractivity contribution in [3.63, 3.8) is 0 Å². The fraction of sp³-hybridized carbons (Fsp3) is 0.200. The number of anilines is 1. The maximum absolute atomic E-state index is 13.3. The molecule has 0 aliphatic heterocycles. The molecule has 1 N–H and O–H groups in total. The molecule has 0 amide bonds. The van der Waals surface area contributed by atoms with E-state index in [1.54, 1.807) is 19.1 Å². The quantitative estimate of drug-likeness (QED) is 0.898. The van der Waals surface area contributed by atoms with Crippen LogP contribution in [-0.4, -0.2) is 10.1 Å². The Bertz CT molecular complexity index is 480. The van der Waals surface area contributed by atoms with Gasteiger partial charge in [-0.2, -0.15) is 4.98 Å². The minimum Gasteiger partial charge on any atom is -0.374 e. The molecule has 1 heterocycles. The van der Waals surface area contributed by atoms with Gasteiger partial charge in [0, 0.05) is 6.92 Å². The predicted octanol–water partition coefficient (Wildman–Crippen LogP) is 2.78. The van der Waals surface area contributed by atoms with E-state index in [1.807, 2.05) is 0 Å². The average Bonchev–Trinajstić information content (AvgIpc) is 2.63. The molecule has 1 aromatic heterocycles. The minimum atomic E-state index is -0.410. The molecule has 84 valence electrons. The van der Waals surface area contributed by atoms with Crippen LogP contribution in [0.3, 0.4) is 0 Å². The van der Waals surface area contributed by atoms with E-state index in [9.17, 15) is 4.39 Å². The monoisotopic (exact) mass is 241 g/mol. The zero-order chi connectivity index (χ0) is 11.5. The summed E-state index contributed by atoms with van der Waals surface area (Å²) in [5.74, 6) is 0.515. The van der Waals surface area contributed by atoms with E-state index in [0.29, 0.717) is 16.7 Å². The van der Waals surface area contributed by atoms with Crippen molar-refractivity contribution in [2.45, 2.75) is 13.5 Å². The molecule has 2 rings (SSSR count). The molecule has 4 nitrogen and oxygen atoms in total. The lowest BCUT2D eigenvalue weighted by Gasteiger charge is -2.06. The third kappa shape index (κ3) is 2.30. The number of para-hydroxylation sites is 1. The topological polar surface area (TPSA) is 51.0 Å². The Balaban J connectivity index is 2.10. The summed E-state index contributed by atoms with van der Waals surface area (Å²) in [5.41, 5.74) is 0.242. The van der Waals surface area contributed by atoms with Crippen LogP contribution < -0.4 is 5.32 Å². The van der Waals surface area contributed by atoms with Crippen molar-refractivity contribution in [2.24, 2.45) is 0 Å². The molecular weight excluding hydrogens is 233 g/mol. The Morgan fingerprint density at radius 2 is 2.31 bits per heavy atom. The SMILES string of the molecule is Cc1nc(CNc2c(F)cccc2Cl)no1. The lowest BCUT2D eigenvalue weighted by atomic mass is 10.3. The Morgan fingerprint density at radius 3 is 2.94 bits per heavy atom. The maximum Gasteiger partial charge on any atom is 0.223 e. The van der Waals surface area contributed by atoms with Crippen LogP contribution >= 0.6 is 11.6 Å². The minimum absolute atomic E-state index is 0.242. The van der Waals surface area contributed by atoms with Gasteiger partial charge < -0.3 is 9.84 Å². The zero-order valence-corrected chi connectivity index (χ0v) is 9.25. The van der Waals surface area contributed by atoms with Crippen molar-refractivity contribution in [1.82, 2.24) is 10.1 Å². The molecule has 0 saturated heterocycles. The van der Waals surface area contributed by atoms with Crippen LogP contribution in [0, 0.1) is 12.7 Å². The van der Waals surface area contributed by atoms with E-state index in [4.69, 9.17) is 16.1 Å². The molecule has 0 spiro atoms. The summed E-state index contributed by atoms with van der Waals surface area (Å²) in [5, 5.41) is 6.81. The Labute approximate surface area is 96.4 Å². The first-order valence-corrected chi connectivity index (χ1v) is 5.01. The molecule has 0 bridgehead atoms. The van der Waals surface area contributed by atoms with Crippen LogP contribution in [0.5, 0.6) is 0 Å². The third-order valence-corrected chi connectivity index (χ3v) is 2.27. The van der Waals surface area contributed by atoms with Gasteiger partial charge in [0.2, 0.25) is 5.89 Å². The first-order valence-electron chi connectivity index (χ1n) is 4.64. The molecule has 0 radical (unpaired) electrons. The number of hydrogen-bond donors (Lipinski definition) is 1. The third-order valence-electron chi connectivity index (χ3n) is 1.96. The van der Waals surface area contributed by atoms with Gasteiger partial charge in [0.05, 0.1) is 17.3 Å². The first kappa shape index (κ1) is 10.9. The van der Waals surface area contributed by atoms with Crippen LogP contribution in [-0.2, 0) is 6.54 Å². The number of aromatic nitrogens is 2. The van der Waals surface area contributed by atoms with Crippen molar-refractivity contribution < 1.29 is 8.91 Å². The van der Waals surface area contributed by atoms with Crippen molar-refractivity contribution in [3.8, 4) is 0 Å². The molecule has 6 heteroatoms. The molecule has 0 aliphatic rings. The molecule has 0 aliphatic carbocycles. The normalized spacial score (nSPS) is 10.4. The maximum atomic E-state index is 13.3. The van der Waals surface area contributed by atoms with Gasteiger partial charge in [-0.3, -0.25) is 0 Å². The van der Waals surface area contributed by atoms with Crippen LogP contribution in [0.15, 0.2) is 22.7 Å². The van der Waals surface area contributed by atoms with Gasteiger partial charge in [-0.25, -0.2) is 4.39 Å². The van der Waals surface area contributed by atoms with E-state index in [-0.39, 0.29) is 12.2 Å². The van der Waals surface area contributed by atoms with Crippen LogP contribution in [0.25, 0.3) is 0 Å². The fourth-order valence-corrected chi connectivity index (χ4v) is 1.48. The van der Waals surface area contributed by atoms with Gasteiger partial charge in [-0.1, -0.05) is 22.8 Å². The van der Waals surface area contributed by atoms with E-state index in [2.05, 4.69) is 15.5 Å². The number of benzene rings is 1. The summed E-state index contributed by atoms with van der Waals surface area (Å²) in [4.78, 5) is 3.98. The predicted molar refractivity (Wildman–Crippen MR) is 57.8 cm³/mol. The number of aryl methyl sites for hydroxylation is 1. The fourth-order valence-electron chi connectivity index (χ4n) is 1.25. The summed E-state index contributed by atoms with van der Waals surface area (Å²) in [6.07, 6.45) is 0. The molecule has 0 saturated carbocycles. The summed E-state index contributed by atoms with van der Waals surface area (Å²) >= 11 is 5.83. The van der Waals surface area contributed by atoms with Crippen LogP contribution in [0.4, 0.5) is 10.1 Å². The van der Waals surface area contributed by atoms with Crippen LogP contribution in [0.1, 0.15) is 11.7 Å². The number of nitrogens with zero attached hydrogens (tertiary/aromatic N) is 2. The molecule has 16 heavy (non-hydrogen) atoms. The number of hydrogen-bond acceptors (Lipinski definition) is 4. The number of halogens is 2. The van der Waals surface area contributed by atoms with Gasteiger partial charge in [0.25, 0.3) is 0 Å². The second-order valence-electron chi connectivity index (χ2n) is 3.18. The summed E-state index contributed by atoms with van der Waals surface area (Å²) in [6, 6.07) is 4.48. The Hall–Kier alpha value is -1.62.